The fraction of sp³-hybridized carbons (Fsp3) is 0.636. The number of hydrogen-bond donors (Lipinski definition) is 1. The topological polar surface area (TPSA) is 63.6 Å². The smallest absolute Gasteiger partial charge is 0.312 e. The van der Waals surface area contributed by atoms with Gasteiger partial charge >= 0.3 is 5.97 Å². The molecule has 0 bridgehead atoms. The van der Waals surface area contributed by atoms with Crippen molar-refractivity contribution in [1.29, 1.82) is 0 Å². The summed E-state index contributed by atoms with van der Waals surface area (Å²) in [6.45, 7) is 6.42. The molecule has 1 saturated carbocycles. The lowest BCUT2D eigenvalue weighted by atomic mass is 9.71. The van der Waals surface area contributed by atoms with E-state index in [0.717, 1.165) is 49.7 Å². The highest BCUT2D eigenvalue weighted by molar-refractivity contribution is 6.05. The zero-order chi connectivity index (χ0) is 19.2. The Bertz CT molecular complexity index is 637. The van der Waals surface area contributed by atoms with E-state index in [0.29, 0.717) is 25.0 Å². The molecule has 2 rings (SSSR count). The Balaban J connectivity index is 2.10. The number of aryl methyl sites for hydroxylation is 2. The first-order valence-corrected chi connectivity index (χ1v) is 9.91. The molecule has 0 amide bonds. The Morgan fingerprint density at radius 2 is 1.92 bits per heavy atom. The molecule has 1 fully saturated rings. The van der Waals surface area contributed by atoms with E-state index in [2.05, 4.69) is 6.92 Å². The molecule has 2 atom stereocenters. The maximum absolute atomic E-state index is 13.1. The maximum atomic E-state index is 13.1. The van der Waals surface area contributed by atoms with Gasteiger partial charge in [-0.15, -0.1) is 0 Å². The highest BCUT2D eigenvalue weighted by atomic mass is 16.5. The molecule has 1 aliphatic rings. The van der Waals surface area contributed by atoms with Crippen LogP contribution in [0.5, 0.6) is 0 Å². The lowest BCUT2D eigenvalue weighted by Gasteiger charge is -2.37. The molecule has 0 aliphatic heterocycles. The molecular formula is C22H32O4. The van der Waals surface area contributed by atoms with Crippen molar-refractivity contribution in [3.8, 4) is 0 Å². The standard InChI is InChI=1S/C22H32O4/c1-4-5-6-9-14-26-21(24)19-10-7-8-13-22(19,25)20(23)18-12-11-16(2)17(3)15-18/h11-12,15,19,25H,4-10,13-14H2,1-3H3/t19-,22-/m1/s1. The minimum Gasteiger partial charge on any atom is -0.465 e. The van der Waals surface area contributed by atoms with E-state index in [-0.39, 0.29) is 5.78 Å². The van der Waals surface area contributed by atoms with E-state index < -0.39 is 17.5 Å². The molecule has 4 nitrogen and oxygen atoms in total. The van der Waals surface area contributed by atoms with Crippen molar-refractivity contribution in [3.63, 3.8) is 0 Å². The van der Waals surface area contributed by atoms with Gasteiger partial charge < -0.3 is 9.84 Å². The lowest BCUT2D eigenvalue weighted by molar-refractivity contribution is -0.158. The summed E-state index contributed by atoms with van der Waals surface area (Å²) >= 11 is 0. The molecule has 26 heavy (non-hydrogen) atoms. The van der Waals surface area contributed by atoms with Crippen LogP contribution in [-0.2, 0) is 9.53 Å². The van der Waals surface area contributed by atoms with Crippen LogP contribution in [0.1, 0.15) is 79.8 Å². The van der Waals surface area contributed by atoms with Crippen molar-refractivity contribution < 1.29 is 19.4 Å². The van der Waals surface area contributed by atoms with Crippen molar-refractivity contribution in [3.05, 3.63) is 34.9 Å². The monoisotopic (exact) mass is 360 g/mol. The van der Waals surface area contributed by atoms with Crippen LogP contribution >= 0.6 is 0 Å². The van der Waals surface area contributed by atoms with Gasteiger partial charge in [-0.05, 0) is 50.3 Å². The van der Waals surface area contributed by atoms with Gasteiger partial charge in [-0.2, -0.15) is 0 Å². The highest BCUT2D eigenvalue weighted by Gasteiger charge is 2.49. The third kappa shape index (κ3) is 4.73. The van der Waals surface area contributed by atoms with Crippen LogP contribution in [-0.4, -0.2) is 29.1 Å². The predicted molar refractivity (Wildman–Crippen MR) is 102 cm³/mol. The van der Waals surface area contributed by atoms with Crippen molar-refractivity contribution in [2.45, 2.75) is 77.7 Å². The van der Waals surface area contributed by atoms with E-state index >= 15 is 0 Å². The minimum atomic E-state index is -1.65. The Kier molecular flexibility index (Phi) is 7.39. The molecule has 0 saturated heterocycles. The summed E-state index contributed by atoms with van der Waals surface area (Å²) in [5.41, 5.74) is 0.921. The van der Waals surface area contributed by atoms with E-state index in [1.165, 1.54) is 0 Å². The van der Waals surface area contributed by atoms with E-state index in [1.54, 1.807) is 12.1 Å². The van der Waals surface area contributed by atoms with Crippen molar-refractivity contribution in [1.82, 2.24) is 0 Å². The second-order valence-corrected chi connectivity index (χ2v) is 7.58. The Morgan fingerprint density at radius 1 is 1.15 bits per heavy atom. The molecule has 0 radical (unpaired) electrons. The van der Waals surface area contributed by atoms with Gasteiger partial charge in [0.05, 0.1) is 12.5 Å². The normalized spacial score (nSPS) is 22.8. The summed E-state index contributed by atoms with van der Waals surface area (Å²) in [7, 11) is 0. The van der Waals surface area contributed by atoms with Gasteiger partial charge in [-0.3, -0.25) is 9.59 Å². The zero-order valence-electron chi connectivity index (χ0n) is 16.3. The number of carbonyl (C=O) groups excluding carboxylic acids is 2. The molecule has 1 N–H and O–H groups in total. The van der Waals surface area contributed by atoms with Crippen LogP contribution < -0.4 is 0 Å². The first-order chi connectivity index (χ1) is 12.4. The molecule has 0 spiro atoms. The number of ketones is 1. The third-order valence-electron chi connectivity index (χ3n) is 5.57. The molecule has 0 aromatic heterocycles. The van der Waals surface area contributed by atoms with Gasteiger partial charge in [0.25, 0.3) is 0 Å². The Labute approximate surface area is 156 Å². The van der Waals surface area contributed by atoms with Crippen LogP contribution in [0.15, 0.2) is 18.2 Å². The molecule has 1 aromatic carbocycles. The number of hydrogen-bond acceptors (Lipinski definition) is 4. The molecule has 0 unspecified atom stereocenters. The minimum absolute atomic E-state index is 0.314. The first kappa shape index (κ1) is 20.6. The van der Waals surface area contributed by atoms with Crippen LogP contribution in [0.3, 0.4) is 0 Å². The Hall–Kier alpha value is -1.68. The zero-order valence-corrected chi connectivity index (χ0v) is 16.3. The number of Topliss-reactive ketones (excluding diaryl/α,β-unsaturated/α-hetero) is 1. The summed E-state index contributed by atoms with van der Waals surface area (Å²) in [6, 6.07) is 5.43. The van der Waals surface area contributed by atoms with Gasteiger partial charge in [0.2, 0.25) is 0 Å². The molecule has 0 heterocycles. The van der Waals surface area contributed by atoms with Crippen molar-refractivity contribution in [2.24, 2.45) is 5.92 Å². The van der Waals surface area contributed by atoms with E-state index in [1.807, 2.05) is 19.9 Å². The molecule has 1 aromatic rings. The van der Waals surface area contributed by atoms with Crippen molar-refractivity contribution in [2.75, 3.05) is 6.61 Å². The fourth-order valence-corrected chi connectivity index (χ4v) is 3.68. The SMILES string of the molecule is CCCCCCOC(=O)[C@H]1CCCC[C@]1(O)C(=O)c1ccc(C)c(C)c1. The average molecular weight is 360 g/mol. The molecule has 144 valence electrons. The average Bonchev–Trinajstić information content (AvgIpc) is 2.63. The summed E-state index contributed by atoms with van der Waals surface area (Å²) in [6.07, 6.45) is 6.49. The Morgan fingerprint density at radius 3 is 2.62 bits per heavy atom. The van der Waals surface area contributed by atoms with Gasteiger partial charge in [0.15, 0.2) is 5.78 Å². The predicted octanol–water partition coefficient (Wildman–Crippen LogP) is 4.53. The number of rotatable bonds is 8. The van der Waals surface area contributed by atoms with Crippen LogP contribution in [0.4, 0.5) is 0 Å². The molecule has 1 aliphatic carbocycles. The maximum Gasteiger partial charge on any atom is 0.312 e. The summed E-state index contributed by atoms with van der Waals surface area (Å²) < 4.78 is 5.40. The van der Waals surface area contributed by atoms with Gasteiger partial charge in [-0.25, -0.2) is 0 Å². The quantitative estimate of drug-likeness (QED) is 0.420. The summed E-state index contributed by atoms with van der Waals surface area (Å²) in [5.74, 6) is -1.55. The number of esters is 1. The van der Waals surface area contributed by atoms with E-state index in [4.69, 9.17) is 4.74 Å². The third-order valence-corrected chi connectivity index (χ3v) is 5.57. The van der Waals surface area contributed by atoms with Crippen LogP contribution in [0.25, 0.3) is 0 Å². The van der Waals surface area contributed by atoms with Gasteiger partial charge in [0, 0.05) is 5.56 Å². The molecular weight excluding hydrogens is 328 g/mol. The van der Waals surface area contributed by atoms with Gasteiger partial charge in [-0.1, -0.05) is 51.2 Å². The van der Waals surface area contributed by atoms with E-state index in [9.17, 15) is 14.7 Å². The summed E-state index contributed by atoms with van der Waals surface area (Å²) in [4.78, 5) is 25.6. The molecule has 4 heteroatoms. The second-order valence-electron chi connectivity index (χ2n) is 7.58. The lowest BCUT2D eigenvalue weighted by Crippen LogP contribution is -2.51. The largest absolute Gasteiger partial charge is 0.465 e. The van der Waals surface area contributed by atoms with Crippen LogP contribution in [0.2, 0.25) is 0 Å². The number of carbonyl (C=O) groups is 2. The van der Waals surface area contributed by atoms with Crippen molar-refractivity contribution >= 4 is 11.8 Å². The number of unbranched alkanes of at least 4 members (excludes halogenated alkanes) is 3. The number of benzene rings is 1. The number of aliphatic hydroxyl groups is 1. The fourth-order valence-electron chi connectivity index (χ4n) is 3.68. The van der Waals surface area contributed by atoms with Gasteiger partial charge in [0.1, 0.15) is 5.60 Å². The highest BCUT2D eigenvalue weighted by Crippen LogP contribution is 2.37. The second kappa shape index (κ2) is 9.31. The van der Waals surface area contributed by atoms with Crippen LogP contribution in [0, 0.1) is 19.8 Å². The number of ether oxygens (including phenoxy) is 1. The first-order valence-electron chi connectivity index (χ1n) is 9.91. The summed E-state index contributed by atoms with van der Waals surface area (Å²) in [5, 5.41) is 11.2.